The second-order valence-corrected chi connectivity index (χ2v) is 8.51. The fourth-order valence-electron chi connectivity index (χ4n) is 3.44. The highest BCUT2D eigenvalue weighted by Gasteiger charge is 2.07. The number of likely N-dealkylation sites (N-methyl/N-ethyl adjacent to an activating group) is 1. The quantitative estimate of drug-likeness (QED) is 0.285. The van der Waals surface area contributed by atoms with Crippen LogP contribution in [0.3, 0.4) is 0 Å². The maximum atomic E-state index is 12.2. The standard InChI is InChI=1S/C24H30N4O2.C2H2O4/c1-17(29)27-21-7-4-18(5-8-21)15-24(30)25-12-10-19-6-9-23-22(14-19)20(16-26-23)11-13-28(2)3;3-1(4)2(5)6/h4-9,14,16,26H,10-13,15H2,1-3H3,(H,25,30)(H,27,29);(H,3,4)(H,5,6). The average molecular weight is 497 g/mol. The van der Waals surface area contributed by atoms with Gasteiger partial charge in [0.15, 0.2) is 0 Å². The van der Waals surface area contributed by atoms with Gasteiger partial charge in [-0.3, -0.25) is 9.59 Å². The Morgan fingerprint density at radius 2 is 1.56 bits per heavy atom. The number of aliphatic carboxylic acids is 2. The number of nitrogens with zero attached hydrogens (tertiary/aromatic N) is 1. The van der Waals surface area contributed by atoms with E-state index in [9.17, 15) is 9.59 Å². The van der Waals surface area contributed by atoms with Gasteiger partial charge in [-0.1, -0.05) is 18.2 Å². The van der Waals surface area contributed by atoms with Crippen LogP contribution in [-0.2, 0) is 38.4 Å². The van der Waals surface area contributed by atoms with E-state index in [4.69, 9.17) is 19.8 Å². The highest BCUT2D eigenvalue weighted by Crippen LogP contribution is 2.21. The molecule has 5 N–H and O–H groups in total. The number of nitrogens with one attached hydrogen (secondary N) is 3. The minimum atomic E-state index is -1.82. The van der Waals surface area contributed by atoms with Crippen molar-refractivity contribution in [3.05, 3.63) is 65.4 Å². The number of fused-ring (bicyclic) bond motifs is 1. The summed E-state index contributed by atoms with van der Waals surface area (Å²) in [6.45, 7) is 3.09. The van der Waals surface area contributed by atoms with E-state index in [1.165, 1.54) is 23.4 Å². The summed E-state index contributed by atoms with van der Waals surface area (Å²) in [6, 6.07) is 13.8. The van der Waals surface area contributed by atoms with E-state index in [2.05, 4.69) is 59.0 Å². The molecule has 10 heteroatoms. The van der Waals surface area contributed by atoms with Crippen LogP contribution in [0.15, 0.2) is 48.7 Å². The molecule has 3 aromatic rings. The monoisotopic (exact) mass is 496 g/mol. The highest BCUT2D eigenvalue weighted by atomic mass is 16.4. The Balaban J connectivity index is 0.000000678. The molecule has 0 saturated heterocycles. The van der Waals surface area contributed by atoms with Gasteiger partial charge in [0.1, 0.15) is 0 Å². The van der Waals surface area contributed by atoms with E-state index in [1.54, 1.807) is 0 Å². The Hall–Kier alpha value is -4.18. The fraction of sp³-hybridized carbons (Fsp3) is 0.308. The number of carbonyl (C=O) groups excluding carboxylic acids is 2. The summed E-state index contributed by atoms with van der Waals surface area (Å²) >= 11 is 0. The smallest absolute Gasteiger partial charge is 0.414 e. The van der Waals surface area contributed by atoms with E-state index < -0.39 is 11.9 Å². The van der Waals surface area contributed by atoms with Gasteiger partial charge in [-0.25, -0.2) is 9.59 Å². The first-order valence-corrected chi connectivity index (χ1v) is 11.4. The van der Waals surface area contributed by atoms with Crippen LogP contribution < -0.4 is 10.6 Å². The number of carbonyl (C=O) groups is 4. The normalized spacial score (nSPS) is 10.4. The summed E-state index contributed by atoms with van der Waals surface area (Å²) < 4.78 is 0. The van der Waals surface area contributed by atoms with Gasteiger partial charge in [0.25, 0.3) is 0 Å². The lowest BCUT2D eigenvalue weighted by atomic mass is 10.1. The summed E-state index contributed by atoms with van der Waals surface area (Å²) in [6.07, 6.45) is 4.22. The summed E-state index contributed by atoms with van der Waals surface area (Å²) in [5.41, 5.74) is 5.34. The van der Waals surface area contributed by atoms with E-state index >= 15 is 0 Å². The van der Waals surface area contributed by atoms with Gasteiger partial charge in [-0.15, -0.1) is 0 Å². The molecular weight excluding hydrogens is 464 g/mol. The van der Waals surface area contributed by atoms with Crippen LogP contribution in [-0.4, -0.2) is 71.0 Å². The van der Waals surface area contributed by atoms with Crippen molar-refractivity contribution in [1.29, 1.82) is 0 Å². The van der Waals surface area contributed by atoms with E-state index in [0.717, 1.165) is 36.2 Å². The summed E-state index contributed by atoms with van der Waals surface area (Å²) in [5.74, 6) is -3.76. The van der Waals surface area contributed by atoms with Gasteiger partial charge in [0.05, 0.1) is 6.42 Å². The number of rotatable bonds is 9. The molecule has 0 fully saturated rings. The first-order chi connectivity index (χ1) is 17.0. The molecule has 0 aliphatic carbocycles. The molecule has 0 saturated carbocycles. The molecule has 0 aliphatic rings. The minimum Gasteiger partial charge on any atom is -0.473 e. The number of carboxylic acids is 2. The number of benzene rings is 2. The second kappa shape index (κ2) is 13.6. The zero-order chi connectivity index (χ0) is 26.7. The predicted molar refractivity (Wildman–Crippen MR) is 137 cm³/mol. The van der Waals surface area contributed by atoms with Crippen LogP contribution in [0.1, 0.15) is 23.6 Å². The highest BCUT2D eigenvalue weighted by molar-refractivity contribution is 6.27. The molecule has 0 unspecified atom stereocenters. The lowest BCUT2D eigenvalue weighted by molar-refractivity contribution is -0.159. The second-order valence-electron chi connectivity index (χ2n) is 8.51. The third-order valence-corrected chi connectivity index (χ3v) is 5.22. The zero-order valence-electron chi connectivity index (χ0n) is 20.6. The summed E-state index contributed by atoms with van der Waals surface area (Å²) in [4.78, 5) is 47.0. The van der Waals surface area contributed by atoms with Crippen LogP contribution in [0.25, 0.3) is 10.9 Å². The number of hydrogen-bond donors (Lipinski definition) is 5. The van der Waals surface area contributed by atoms with Crippen molar-refractivity contribution in [2.75, 3.05) is 32.5 Å². The molecular formula is C26H32N4O6. The maximum Gasteiger partial charge on any atom is 0.414 e. The molecule has 0 atom stereocenters. The largest absolute Gasteiger partial charge is 0.473 e. The van der Waals surface area contributed by atoms with Crippen molar-refractivity contribution in [2.24, 2.45) is 0 Å². The van der Waals surface area contributed by atoms with Gasteiger partial charge < -0.3 is 30.7 Å². The Kier molecular flexibility index (Phi) is 10.6. The third-order valence-electron chi connectivity index (χ3n) is 5.22. The number of H-pyrrole nitrogens is 1. The Bertz CT molecular complexity index is 1190. The average Bonchev–Trinajstić information content (AvgIpc) is 3.21. The molecule has 0 radical (unpaired) electrons. The molecule has 0 spiro atoms. The number of hydrogen-bond acceptors (Lipinski definition) is 5. The SMILES string of the molecule is CC(=O)Nc1ccc(CC(=O)NCCc2ccc3[nH]cc(CCN(C)C)c3c2)cc1.O=C(O)C(=O)O. The van der Waals surface area contributed by atoms with Crippen LogP contribution in [0, 0.1) is 0 Å². The molecule has 1 aromatic heterocycles. The first kappa shape index (κ1) is 28.1. The number of anilines is 1. The number of amides is 2. The van der Waals surface area contributed by atoms with Crippen molar-refractivity contribution >= 4 is 40.3 Å². The zero-order valence-corrected chi connectivity index (χ0v) is 20.6. The molecule has 0 aliphatic heterocycles. The summed E-state index contributed by atoms with van der Waals surface area (Å²) in [5, 5.41) is 21.8. The first-order valence-electron chi connectivity index (χ1n) is 11.4. The molecule has 1 heterocycles. The Labute approximate surface area is 209 Å². The molecule has 2 aromatic carbocycles. The van der Waals surface area contributed by atoms with E-state index in [-0.39, 0.29) is 11.8 Å². The summed E-state index contributed by atoms with van der Waals surface area (Å²) in [7, 11) is 4.17. The Morgan fingerprint density at radius 3 is 2.14 bits per heavy atom. The molecule has 10 nitrogen and oxygen atoms in total. The molecule has 192 valence electrons. The van der Waals surface area contributed by atoms with Crippen molar-refractivity contribution in [2.45, 2.75) is 26.2 Å². The molecule has 36 heavy (non-hydrogen) atoms. The number of aromatic amines is 1. The fourth-order valence-corrected chi connectivity index (χ4v) is 3.44. The van der Waals surface area contributed by atoms with Gasteiger partial charge in [0.2, 0.25) is 11.8 Å². The van der Waals surface area contributed by atoms with Crippen molar-refractivity contribution < 1.29 is 29.4 Å². The van der Waals surface area contributed by atoms with Crippen molar-refractivity contribution in [3.63, 3.8) is 0 Å². The predicted octanol–water partition coefficient (Wildman–Crippen LogP) is 2.29. The van der Waals surface area contributed by atoms with E-state index in [0.29, 0.717) is 13.0 Å². The van der Waals surface area contributed by atoms with Gasteiger partial charge >= 0.3 is 11.9 Å². The minimum absolute atomic E-state index is 0.00308. The van der Waals surface area contributed by atoms with Crippen molar-refractivity contribution in [3.8, 4) is 0 Å². The van der Waals surface area contributed by atoms with Crippen LogP contribution in [0.2, 0.25) is 0 Å². The lowest BCUT2D eigenvalue weighted by Gasteiger charge is -2.09. The third kappa shape index (κ3) is 9.59. The molecule has 0 bridgehead atoms. The lowest BCUT2D eigenvalue weighted by Crippen LogP contribution is -2.27. The van der Waals surface area contributed by atoms with Gasteiger partial charge in [0, 0.05) is 42.8 Å². The van der Waals surface area contributed by atoms with Gasteiger partial charge in [-0.2, -0.15) is 0 Å². The van der Waals surface area contributed by atoms with Crippen LogP contribution in [0.4, 0.5) is 5.69 Å². The molecule has 3 rings (SSSR count). The number of carboxylic acid groups (broad SMARTS) is 2. The van der Waals surface area contributed by atoms with Gasteiger partial charge in [-0.05, 0) is 67.9 Å². The Morgan fingerprint density at radius 1 is 0.917 bits per heavy atom. The van der Waals surface area contributed by atoms with Crippen LogP contribution >= 0.6 is 0 Å². The van der Waals surface area contributed by atoms with Crippen molar-refractivity contribution in [1.82, 2.24) is 15.2 Å². The van der Waals surface area contributed by atoms with E-state index in [1.807, 2.05) is 24.3 Å². The maximum absolute atomic E-state index is 12.2. The van der Waals surface area contributed by atoms with Crippen LogP contribution in [0.5, 0.6) is 0 Å². The topological polar surface area (TPSA) is 152 Å². The number of aromatic nitrogens is 1. The molecule has 2 amide bonds.